The number of amides is 1. The smallest absolute Gasteiger partial charge is 0.410 e. The first-order valence-electron chi connectivity index (χ1n) is 6.76. The van der Waals surface area contributed by atoms with Gasteiger partial charge in [-0.1, -0.05) is 19.3 Å². The molecule has 2 aliphatic rings. The quantitative estimate of drug-likeness (QED) is 0.722. The molecular weight excluding hydrogens is 202 g/mol. The molecule has 1 heterocycles. The Balaban J connectivity index is 1.93. The minimum Gasteiger partial charge on any atom is -0.450 e. The molecule has 0 aromatic carbocycles. The highest BCUT2D eigenvalue weighted by Crippen LogP contribution is 2.34. The number of ether oxygens (including phenoxy) is 1. The van der Waals surface area contributed by atoms with Crippen molar-refractivity contribution in [1.82, 2.24) is 4.90 Å². The van der Waals surface area contributed by atoms with Crippen LogP contribution in [-0.2, 0) is 4.74 Å². The van der Waals surface area contributed by atoms with E-state index in [-0.39, 0.29) is 6.09 Å². The number of carbonyl (C=O) groups is 1. The first kappa shape index (κ1) is 11.7. The molecule has 0 N–H and O–H groups in total. The Labute approximate surface area is 98.1 Å². The third-order valence-corrected chi connectivity index (χ3v) is 4.00. The zero-order valence-corrected chi connectivity index (χ0v) is 10.3. The summed E-state index contributed by atoms with van der Waals surface area (Å²) in [6.45, 7) is 3.27. The molecule has 3 nitrogen and oxygen atoms in total. The van der Waals surface area contributed by atoms with E-state index in [1.54, 1.807) is 0 Å². The summed E-state index contributed by atoms with van der Waals surface area (Å²) in [4.78, 5) is 13.8. The van der Waals surface area contributed by atoms with Crippen LogP contribution in [0.5, 0.6) is 0 Å². The van der Waals surface area contributed by atoms with Crippen LogP contribution in [0.1, 0.15) is 51.9 Å². The van der Waals surface area contributed by atoms with Crippen molar-refractivity contribution in [3.8, 4) is 0 Å². The molecule has 16 heavy (non-hydrogen) atoms. The second kappa shape index (κ2) is 5.55. The zero-order valence-electron chi connectivity index (χ0n) is 10.3. The highest BCUT2D eigenvalue weighted by Gasteiger charge is 2.35. The predicted molar refractivity (Wildman–Crippen MR) is 63.3 cm³/mol. The molecule has 1 saturated heterocycles. The van der Waals surface area contributed by atoms with Crippen LogP contribution in [0, 0.1) is 5.92 Å². The number of carbonyl (C=O) groups excluding carboxylic acids is 1. The molecule has 3 heteroatoms. The van der Waals surface area contributed by atoms with Gasteiger partial charge in [0.05, 0.1) is 6.61 Å². The first-order chi connectivity index (χ1) is 7.83. The van der Waals surface area contributed by atoms with Crippen LogP contribution in [0.4, 0.5) is 4.79 Å². The number of nitrogens with zero attached hydrogens (tertiary/aromatic N) is 1. The zero-order chi connectivity index (χ0) is 11.4. The average molecular weight is 225 g/mol. The molecule has 1 atom stereocenters. The average Bonchev–Trinajstić information content (AvgIpc) is 2.79. The number of likely N-dealkylation sites (tertiary alicyclic amines) is 1. The Morgan fingerprint density at radius 3 is 2.62 bits per heavy atom. The number of hydrogen-bond donors (Lipinski definition) is 0. The molecule has 1 amide bonds. The predicted octanol–water partition coefficient (Wildman–Crippen LogP) is 3.19. The Hall–Kier alpha value is -0.730. The maximum atomic E-state index is 11.8. The highest BCUT2D eigenvalue weighted by atomic mass is 16.6. The fourth-order valence-electron chi connectivity index (χ4n) is 3.23. The van der Waals surface area contributed by atoms with Gasteiger partial charge in [0.2, 0.25) is 0 Å². The van der Waals surface area contributed by atoms with E-state index in [0.717, 1.165) is 18.9 Å². The molecule has 0 bridgehead atoms. The molecule has 0 aromatic rings. The van der Waals surface area contributed by atoms with E-state index < -0.39 is 0 Å². The molecule has 2 fully saturated rings. The lowest BCUT2D eigenvalue weighted by Crippen LogP contribution is -2.41. The third kappa shape index (κ3) is 2.50. The van der Waals surface area contributed by atoms with Crippen molar-refractivity contribution in [1.29, 1.82) is 0 Å². The lowest BCUT2D eigenvalue weighted by Gasteiger charge is -2.33. The normalized spacial score (nSPS) is 27.1. The van der Waals surface area contributed by atoms with Crippen LogP contribution in [0.3, 0.4) is 0 Å². The Kier molecular flexibility index (Phi) is 4.08. The van der Waals surface area contributed by atoms with Gasteiger partial charge in [-0.15, -0.1) is 0 Å². The molecule has 1 saturated carbocycles. The van der Waals surface area contributed by atoms with E-state index in [1.165, 1.54) is 38.5 Å². The summed E-state index contributed by atoms with van der Waals surface area (Å²) in [6.07, 6.45) is 8.93. The standard InChI is InChI=1S/C13H23NO2/c1-2-16-13(15)14-10-6-9-12(14)11-7-4-3-5-8-11/h11-12H,2-10H2,1H3. The SMILES string of the molecule is CCOC(=O)N1CCCC1C1CCCCC1. The van der Waals surface area contributed by atoms with Crippen molar-refractivity contribution in [3.63, 3.8) is 0 Å². The molecule has 0 aromatic heterocycles. The van der Waals surface area contributed by atoms with Gasteiger partial charge in [-0.25, -0.2) is 4.79 Å². The summed E-state index contributed by atoms with van der Waals surface area (Å²) < 4.78 is 5.13. The fraction of sp³-hybridized carbons (Fsp3) is 0.923. The van der Waals surface area contributed by atoms with Crippen LogP contribution in [-0.4, -0.2) is 30.2 Å². The lowest BCUT2D eigenvalue weighted by molar-refractivity contribution is 0.0855. The number of hydrogen-bond acceptors (Lipinski definition) is 2. The van der Waals surface area contributed by atoms with E-state index in [4.69, 9.17) is 4.74 Å². The topological polar surface area (TPSA) is 29.5 Å². The second-order valence-corrected chi connectivity index (χ2v) is 5.00. The Morgan fingerprint density at radius 2 is 1.94 bits per heavy atom. The van der Waals surface area contributed by atoms with Crippen molar-refractivity contribution in [2.24, 2.45) is 5.92 Å². The third-order valence-electron chi connectivity index (χ3n) is 4.00. The van der Waals surface area contributed by atoms with Crippen molar-refractivity contribution in [3.05, 3.63) is 0 Å². The largest absolute Gasteiger partial charge is 0.450 e. The monoisotopic (exact) mass is 225 g/mol. The summed E-state index contributed by atoms with van der Waals surface area (Å²) in [5, 5.41) is 0. The fourth-order valence-corrected chi connectivity index (χ4v) is 3.23. The molecule has 0 radical (unpaired) electrons. The van der Waals surface area contributed by atoms with Gasteiger partial charge in [0.1, 0.15) is 0 Å². The maximum Gasteiger partial charge on any atom is 0.410 e. The van der Waals surface area contributed by atoms with Gasteiger partial charge in [-0.3, -0.25) is 0 Å². The molecule has 0 spiro atoms. The van der Waals surface area contributed by atoms with Gasteiger partial charge >= 0.3 is 6.09 Å². The number of rotatable bonds is 2. The van der Waals surface area contributed by atoms with E-state index in [2.05, 4.69) is 0 Å². The van der Waals surface area contributed by atoms with Gasteiger partial charge in [-0.2, -0.15) is 0 Å². The van der Waals surface area contributed by atoms with Gasteiger partial charge in [0, 0.05) is 12.6 Å². The van der Waals surface area contributed by atoms with E-state index in [0.29, 0.717) is 12.6 Å². The lowest BCUT2D eigenvalue weighted by atomic mass is 9.83. The molecule has 1 unspecified atom stereocenters. The molecule has 2 rings (SSSR count). The molecule has 1 aliphatic heterocycles. The van der Waals surface area contributed by atoms with Gasteiger partial charge < -0.3 is 9.64 Å². The molecular formula is C13H23NO2. The van der Waals surface area contributed by atoms with E-state index in [1.807, 2.05) is 11.8 Å². The van der Waals surface area contributed by atoms with Crippen molar-refractivity contribution in [2.75, 3.05) is 13.2 Å². The minimum atomic E-state index is -0.0874. The van der Waals surface area contributed by atoms with Crippen LogP contribution < -0.4 is 0 Å². The second-order valence-electron chi connectivity index (χ2n) is 5.00. The van der Waals surface area contributed by atoms with Crippen LogP contribution in [0.25, 0.3) is 0 Å². The minimum absolute atomic E-state index is 0.0874. The van der Waals surface area contributed by atoms with Crippen molar-refractivity contribution in [2.45, 2.75) is 57.9 Å². The summed E-state index contributed by atoms with van der Waals surface area (Å²) in [6, 6.07) is 0.472. The van der Waals surface area contributed by atoms with Crippen LogP contribution in [0.2, 0.25) is 0 Å². The van der Waals surface area contributed by atoms with E-state index >= 15 is 0 Å². The summed E-state index contributed by atoms with van der Waals surface area (Å²) in [5.74, 6) is 0.737. The van der Waals surface area contributed by atoms with Crippen molar-refractivity contribution < 1.29 is 9.53 Å². The molecule has 92 valence electrons. The van der Waals surface area contributed by atoms with Crippen LogP contribution >= 0.6 is 0 Å². The Bertz CT molecular complexity index is 236. The van der Waals surface area contributed by atoms with Gasteiger partial charge in [0.25, 0.3) is 0 Å². The van der Waals surface area contributed by atoms with E-state index in [9.17, 15) is 4.79 Å². The van der Waals surface area contributed by atoms with Gasteiger partial charge in [-0.05, 0) is 38.5 Å². The van der Waals surface area contributed by atoms with Crippen molar-refractivity contribution >= 4 is 6.09 Å². The summed E-state index contributed by atoms with van der Waals surface area (Å²) in [5.41, 5.74) is 0. The molecule has 1 aliphatic carbocycles. The maximum absolute atomic E-state index is 11.8. The summed E-state index contributed by atoms with van der Waals surface area (Å²) in [7, 11) is 0. The van der Waals surface area contributed by atoms with Crippen LogP contribution in [0.15, 0.2) is 0 Å². The highest BCUT2D eigenvalue weighted by molar-refractivity contribution is 5.68. The summed E-state index contributed by atoms with van der Waals surface area (Å²) >= 11 is 0. The van der Waals surface area contributed by atoms with Gasteiger partial charge in [0.15, 0.2) is 0 Å². The first-order valence-corrected chi connectivity index (χ1v) is 6.76. The Morgan fingerprint density at radius 1 is 1.19 bits per heavy atom.